The van der Waals surface area contributed by atoms with Crippen molar-refractivity contribution in [1.29, 1.82) is 0 Å². The number of aliphatic hydroxyl groups excluding tert-OH is 3. The van der Waals surface area contributed by atoms with Crippen molar-refractivity contribution in [2.45, 2.75) is 69.9 Å². The van der Waals surface area contributed by atoms with Gasteiger partial charge in [-0.25, -0.2) is 0 Å². The van der Waals surface area contributed by atoms with E-state index in [-0.39, 0.29) is 13.2 Å². The number of ether oxygens (including phenoxy) is 2. The molecule has 3 N–H and O–H groups in total. The van der Waals surface area contributed by atoms with Gasteiger partial charge in [-0.3, -0.25) is 0 Å². The summed E-state index contributed by atoms with van der Waals surface area (Å²) in [5, 5.41) is 28.7. The molecule has 124 valence electrons. The molecule has 0 spiro atoms. The van der Waals surface area contributed by atoms with Crippen molar-refractivity contribution in [3.05, 3.63) is 12.2 Å². The molecule has 21 heavy (non-hydrogen) atoms. The second-order valence-corrected chi connectivity index (χ2v) is 5.63. The fourth-order valence-electron chi connectivity index (χ4n) is 2.37. The lowest BCUT2D eigenvalue weighted by atomic mass is 10.1. The van der Waals surface area contributed by atoms with Crippen LogP contribution in [0.4, 0.5) is 0 Å². The van der Waals surface area contributed by atoms with Crippen LogP contribution in [-0.2, 0) is 9.47 Å². The fraction of sp³-hybridized carbons (Fsp3) is 0.875. The predicted molar refractivity (Wildman–Crippen MR) is 81.1 cm³/mol. The Hall–Kier alpha value is -0.460. The summed E-state index contributed by atoms with van der Waals surface area (Å²) in [6, 6.07) is 0. The number of unbranched alkanes of at least 4 members (excludes halogenated alkanes) is 5. The van der Waals surface area contributed by atoms with Gasteiger partial charge in [0.25, 0.3) is 0 Å². The largest absolute Gasteiger partial charge is 0.388 e. The summed E-state index contributed by atoms with van der Waals surface area (Å²) < 4.78 is 10.5. The summed E-state index contributed by atoms with van der Waals surface area (Å²) in [5.41, 5.74) is 0. The summed E-state index contributed by atoms with van der Waals surface area (Å²) in [7, 11) is 0. The average Bonchev–Trinajstić information content (AvgIpc) is 2.81. The minimum Gasteiger partial charge on any atom is -0.388 e. The topological polar surface area (TPSA) is 79.2 Å². The van der Waals surface area contributed by atoms with Crippen molar-refractivity contribution < 1.29 is 24.8 Å². The van der Waals surface area contributed by atoms with Gasteiger partial charge in [0, 0.05) is 0 Å². The van der Waals surface area contributed by atoms with Crippen LogP contribution >= 0.6 is 0 Å². The van der Waals surface area contributed by atoms with Gasteiger partial charge < -0.3 is 24.8 Å². The average molecular weight is 302 g/mol. The van der Waals surface area contributed by atoms with Gasteiger partial charge in [-0.05, 0) is 12.8 Å². The Kier molecular flexibility index (Phi) is 9.87. The molecule has 1 rings (SSSR count). The maximum absolute atomic E-state index is 9.82. The van der Waals surface area contributed by atoms with Gasteiger partial charge in [-0.15, -0.1) is 0 Å². The number of aliphatic hydroxyl groups is 3. The molecule has 1 saturated heterocycles. The predicted octanol–water partition coefficient (Wildman–Crippen LogP) is 1.40. The summed E-state index contributed by atoms with van der Waals surface area (Å²) in [4.78, 5) is 0. The van der Waals surface area contributed by atoms with E-state index in [4.69, 9.17) is 9.47 Å². The molecule has 0 aromatic rings. The molecule has 1 aliphatic rings. The number of hydrogen-bond donors (Lipinski definition) is 3. The van der Waals surface area contributed by atoms with Crippen LogP contribution in [0.3, 0.4) is 0 Å². The van der Waals surface area contributed by atoms with E-state index < -0.39 is 24.4 Å². The van der Waals surface area contributed by atoms with Crippen LogP contribution in [0, 0.1) is 0 Å². The van der Waals surface area contributed by atoms with Gasteiger partial charge in [0.2, 0.25) is 0 Å². The summed E-state index contributed by atoms with van der Waals surface area (Å²) in [6.07, 6.45) is 7.85. The van der Waals surface area contributed by atoms with Crippen molar-refractivity contribution >= 4 is 0 Å². The normalized spacial score (nSPS) is 27.5. The second kappa shape index (κ2) is 11.2. The lowest BCUT2D eigenvalue weighted by molar-refractivity contribution is -0.0782. The molecule has 1 aliphatic heterocycles. The highest BCUT2D eigenvalue weighted by Crippen LogP contribution is 2.17. The van der Waals surface area contributed by atoms with E-state index in [0.717, 1.165) is 6.42 Å². The SMILES string of the molecule is CCCCCCC/C=C/COC[C@@H](O)[C@@H]1OC[C@H](O)[C@@H]1O. The van der Waals surface area contributed by atoms with Crippen LogP contribution in [0.15, 0.2) is 12.2 Å². The van der Waals surface area contributed by atoms with E-state index in [1.165, 1.54) is 32.1 Å². The minimum absolute atomic E-state index is 0.0564. The van der Waals surface area contributed by atoms with Crippen LogP contribution in [0.2, 0.25) is 0 Å². The van der Waals surface area contributed by atoms with E-state index in [1.807, 2.05) is 6.08 Å². The molecule has 1 heterocycles. The molecule has 0 unspecified atom stereocenters. The Morgan fingerprint density at radius 2 is 1.95 bits per heavy atom. The first-order chi connectivity index (χ1) is 10.2. The number of rotatable bonds is 11. The van der Waals surface area contributed by atoms with E-state index in [2.05, 4.69) is 13.0 Å². The summed E-state index contributed by atoms with van der Waals surface area (Å²) in [6.45, 7) is 2.80. The Labute approximate surface area is 127 Å². The number of allylic oxidation sites excluding steroid dienone is 1. The molecule has 0 aliphatic carbocycles. The zero-order chi connectivity index (χ0) is 15.5. The Balaban J connectivity index is 1.98. The van der Waals surface area contributed by atoms with Gasteiger partial charge in [-0.2, -0.15) is 0 Å². The highest BCUT2D eigenvalue weighted by Gasteiger charge is 2.39. The van der Waals surface area contributed by atoms with Crippen molar-refractivity contribution in [1.82, 2.24) is 0 Å². The molecular formula is C16H30O5. The fourth-order valence-corrected chi connectivity index (χ4v) is 2.37. The Morgan fingerprint density at radius 3 is 2.62 bits per heavy atom. The van der Waals surface area contributed by atoms with Gasteiger partial charge in [0.1, 0.15) is 24.4 Å². The maximum atomic E-state index is 9.82. The molecule has 0 bridgehead atoms. The number of hydrogen-bond acceptors (Lipinski definition) is 5. The lowest BCUT2D eigenvalue weighted by Gasteiger charge is -2.20. The van der Waals surface area contributed by atoms with Crippen molar-refractivity contribution in [3.8, 4) is 0 Å². The van der Waals surface area contributed by atoms with Crippen LogP contribution in [0.5, 0.6) is 0 Å². The first-order valence-electron chi connectivity index (χ1n) is 8.05. The molecule has 0 saturated carbocycles. The monoisotopic (exact) mass is 302 g/mol. The third-order valence-corrected chi connectivity index (χ3v) is 3.71. The van der Waals surface area contributed by atoms with Crippen LogP contribution < -0.4 is 0 Å². The van der Waals surface area contributed by atoms with Crippen molar-refractivity contribution in [2.24, 2.45) is 0 Å². The Bertz CT molecular complexity index is 282. The molecule has 0 amide bonds. The Morgan fingerprint density at radius 1 is 1.19 bits per heavy atom. The molecular weight excluding hydrogens is 272 g/mol. The molecule has 5 nitrogen and oxygen atoms in total. The summed E-state index contributed by atoms with van der Waals surface area (Å²) >= 11 is 0. The maximum Gasteiger partial charge on any atom is 0.114 e. The zero-order valence-electron chi connectivity index (χ0n) is 13.0. The van der Waals surface area contributed by atoms with Gasteiger partial charge in [0.05, 0.1) is 19.8 Å². The quantitative estimate of drug-likeness (QED) is 0.397. The minimum atomic E-state index is -1.04. The van der Waals surface area contributed by atoms with E-state index >= 15 is 0 Å². The summed E-state index contributed by atoms with van der Waals surface area (Å²) in [5.74, 6) is 0. The molecule has 0 radical (unpaired) electrons. The standard InChI is InChI=1S/C16H30O5/c1-2-3-4-5-6-7-8-9-10-20-11-14(18)16-15(19)13(17)12-21-16/h8-9,13-19H,2-7,10-12H2,1H3/b9-8+/t13-,14+,15-,16-/m0/s1. The first kappa shape index (κ1) is 18.6. The molecule has 4 atom stereocenters. The lowest BCUT2D eigenvalue weighted by Crippen LogP contribution is -2.40. The third kappa shape index (κ3) is 7.38. The smallest absolute Gasteiger partial charge is 0.114 e. The van der Waals surface area contributed by atoms with Crippen molar-refractivity contribution in [2.75, 3.05) is 19.8 Å². The highest BCUT2D eigenvalue weighted by atomic mass is 16.5. The molecule has 1 fully saturated rings. The first-order valence-corrected chi connectivity index (χ1v) is 8.05. The van der Waals surface area contributed by atoms with E-state index in [1.54, 1.807) is 0 Å². The van der Waals surface area contributed by atoms with E-state index in [9.17, 15) is 15.3 Å². The van der Waals surface area contributed by atoms with Gasteiger partial charge in [0.15, 0.2) is 0 Å². The van der Waals surface area contributed by atoms with Crippen LogP contribution in [0.1, 0.15) is 45.4 Å². The third-order valence-electron chi connectivity index (χ3n) is 3.71. The van der Waals surface area contributed by atoms with Gasteiger partial charge in [-0.1, -0.05) is 44.8 Å². The zero-order valence-corrected chi connectivity index (χ0v) is 13.0. The van der Waals surface area contributed by atoms with Gasteiger partial charge >= 0.3 is 0 Å². The second-order valence-electron chi connectivity index (χ2n) is 5.63. The molecule has 0 aromatic heterocycles. The molecule has 0 aromatic carbocycles. The van der Waals surface area contributed by atoms with E-state index in [0.29, 0.717) is 6.61 Å². The van der Waals surface area contributed by atoms with Crippen LogP contribution in [-0.4, -0.2) is 59.6 Å². The van der Waals surface area contributed by atoms with Crippen molar-refractivity contribution in [3.63, 3.8) is 0 Å². The molecule has 5 heteroatoms. The highest BCUT2D eigenvalue weighted by molar-refractivity contribution is 4.88. The van der Waals surface area contributed by atoms with Crippen LogP contribution in [0.25, 0.3) is 0 Å².